The monoisotopic (exact) mass is 465 g/mol. The Morgan fingerprint density at radius 3 is 2.24 bits per heavy atom. The third-order valence-corrected chi connectivity index (χ3v) is 5.38. The van der Waals surface area contributed by atoms with E-state index in [-0.39, 0.29) is 5.91 Å². The number of piperidine rings is 1. The second kappa shape index (κ2) is 9.38. The standard InChI is InChI=1S/C18H21N7O.C2HF3O2/c1-18(5-11-25(12-6-18)13-3-7-19-8-4-13)17(26)22-15-14-16(24(2)23-15)21-10-9-20-14;3-2(4,5)1(6)7/h3-4,7-10H,5-6,11-12H2,1-2H3,(H,22,23,26);(H,6,7). The van der Waals surface area contributed by atoms with Gasteiger partial charge in [-0.1, -0.05) is 6.92 Å². The van der Waals surface area contributed by atoms with Crippen molar-refractivity contribution in [2.24, 2.45) is 12.5 Å². The van der Waals surface area contributed by atoms with Crippen molar-refractivity contribution in [2.45, 2.75) is 25.9 Å². The van der Waals surface area contributed by atoms with Crippen LogP contribution in [0.4, 0.5) is 24.7 Å². The molecule has 0 saturated carbocycles. The predicted molar refractivity (Wildman–Crippen MR) is 112 cm³/mol. The first-order valence-corrected chi connectivity index (χ1v) is 9.91. The molecule has 0 spiro atoms. The second-order valence-electron chi connectivity index (χ2n) is 7.71. The molecule has 2 N–H and O–H groups in total. The van der Waals surface area contributed by atoms with Crippen LogP contribution < -0.4 is 10.2 Å². The maximum Gasteiger partial charge on any atom is 0.490 e. The molecule has 0 bridgehead atoms. The van der Waals surface area contributed by atoms with E-state index in [1.54, 1.807) is 36.5 Å². The molecule has 176 valence electrons. The average molecular weight is 465 g/mol. The van der Waals surface area contributed by atoms with Crippen LogP contribution in [0.5, 0.6) is 0 Å². The zero-order valence-corrected chi connectivity index (χ0v) is 17.9. The summed E-state index contributed by atoms with van der Waals surface area (Å²) < 4.78 is 33.4. The van der Waals surface area contributed by atoms with Crippen molar-refractivity contribution in [3.05, 3.63) is 36.9 Å². The first-order chi connectivity index (χ1) is 15.5. The van der Waals surface area contributed by atoms with Gasteiger partial charge in [-0.25, -0.2) is 19.4 Å². The number of nitrogens with zero attached hydrogens (tertiary/aromatic N) is 6. The number of nitrogens with one attached hydrogen (secondary N) is 1. The van der Waals surface area contributed by atoms with E-state index in [0.717, 1.165) is 31.6 Å². The maximum atomic E-state index is 12.9. The number of alkyl halides is 3. The van der Waals surface area contributed by atoms with Gasteiger partial charge in [-0.3, -0.25) is 9.78 Å². The lowest BCUT2D eigenvalue weighted by atomic mass is 9.79. The molecule has 1 fully saturated rings. The van der Waals surface area contributed by atoms with Crippen molar-refractivity contribution in [3.8, 4) is 0 Å². The van der Waals surface area contributed by atoms with Crippen LogP contribution in [0, 0.1) is 5.41 Å². The van der Waals surface area contributed by atoms with Gasteiger partial charge in [-0.15, -0.1) is 0 Å². The van der Waals surface area contributed by atoms with Crippen molar-refractivity contribution in [1.82, 2.24) is 24.7 Å². The zero-order chi connectivity index (χ0) is 24.2. The number of anilines is 2. The fourth-order valence-electron chi connectivity index (χ4n) is 3.36. The van der Waals surface area contributed by atoms with Crippen molar-refractivity contribution in [3.63, 3.8) is 0 Å². The number of carbonyl (C=O) groups excluding carboxylic acids is 1. The van der Waals surface area contributed by atoms with Crippen LogP contribution in [0.1, 0.15) is 19.8 Å². The van der Waals surface area contributed by atoms with Gasteiger partial charge in [0.2, 0.25) is 5.91 Å². The number of aliphatic carboxylic acids is 1. The van der Waals surface area contributed by atoms with Gasteiger partial charge in [0.15, 0.2) is 17.0 Å². The molecule has 0 unspecified atom stereocenters. The minimum atomic E-state index is -5.08. The van der Waals surface area contributed by atoms with Gasteiger partial charge in [0.1, 0.15) is 0 Å². The van der Waals surface area contributed by atoms with Crippen molar-refractivity contribution < 1.29 is 27.9 Å². The summed E-state index contributed by atoms with van der Waals surface area (Å²) >= 11 is 0. The highest BCUT2D eigenvalue weighted by atomic mass is 19.4. The molecule has 1 saturated heterocycles. The Hall–Kier alpha value is -3.77. The van der Waals surface area contributed by atoms with Crippen LogP contribution in [0.3, 0.4) is 0 Å². The highest BCUT2D eigenvalue weighted by Gasteiger charge is 2.38. The number of amides is 1. The third kappa shape index (κ3) is 5.54. The lowest BCUT2D eigenvalue weighted by Crippen LogP contribution is -2.45. The molecule has 4 heterocycles. The number of fused-ring (bicyclic) bond motifs is 1. The Bertz CT molecular complexity index is 1130. The van der Waals surface area contributed by atoms with Gasteiger partial charge in [-0.05, 0) is 25.0 Å². The SMILES string of the molecule is Cn1nc(NC(=O)C2(C)CCN(c3ccncc3)CC2)c2nccnc21.O=C(O)C(F)(F)F. The fraction of sp³-hybridized carbons (Fsp3) is 0.400. The summed E-state index contributed by atoms with van der Waals surface area (Å²) in [6, 6.07) is 4.00. The molecule has 33 heavy (non-hydrogen) atoms. The molecule has 1 amide bonds. The number of pyridine rings is 1. The molecular weight excluding hydrogens is 443 g/mol. The number of rotatable bonds is 3. The fourth-order valence-corrected chi connectivity index (χ4v) is 3.36. The molecule has 0 aliphatic carbocycles. The number of hydrogen-bond acceptors (Lipinski definition) is 7. The van der Waals surface area contributed by atoms with Crippen molar-refractivity contribution in [1.29, 1.82) is 0 Å². The van der Waals surface area contributed by atoms with Crippen LogP contribution in [-0.2, 0) is 16.6 Å². The Morgan fingerprint density at radius 1 is 1.09 bits per heavy atom. The van der Waals surface area contributed by atoms with Crippen molar-refractivity contribution >= 4 is 34.5 Å². The largest absolute Gasteiger partial charge is 0.490 e. The first-order valence-electron chi connectivity index (χ1n) is 9.91. The minimum absolute atomic E-state index is 0.0162. The Morgan fingerprint density at radius 2 is 1.67 bits per heavy atom. The van der Waals surface area contributed by atoms with Gasteiger partial charge in [-0.2, -0.15) is 18.3 Å². The Kier molecular flexibility index (Phi) is 6.79. The quantitative estimate of drug-likeness (QED) is 0.605. The molecule has 0 atom stereocenters. The van der Waals surface area contributed by atoms with Crippen LogP contribution in [0.15, 0.2) is 36.9 Å². The van der Waals surface area contributed by atoms with Crippen LogP contribution in [-0.4, -0.2) is 61.0 Å². The van der Waals surface area contributed by atoms with Crippen molar-refractivity contribution in [2.75, 3.05) is 23.3 Å². The smallest absolute Gasteiger partial charge is 0.475 e. The lowest BCUT2D eigenvalue weighted by Gasteiger charge is -2.39. The van der Waals surface area contributed by atoms with Gasteiger partial charge in [0, 0.05) is 50.6 Å². The highest BCUT2D eigenvalue weighted by molar-refractivity contribution is 6.00. The van der Waals surface area contributed by atoms with Gasteiger partial charge >= 0.3 is 12.1 Å². The molecule has 1 aliphatic rings. The molecule has 10 nitrogen and oxygen atoms in total. The minimum Gasteiger partial charge on any atom is -0.475 e. The average Bonchev–Trinajstić information content (AvgIpc) is 3.10. The number of aromatic nitrogens is 5. The molecule has 3 aromatic heterocycles. The van der Waals surface area contributed by atoms with Crippen LogP contribution in [0.25, 0.3) is 11.2 Å². The van der Waals surface area contributed by atoms with Gasteiger partial charge in [0.05, 0.1) is 5.41 Å². The van der Waals surface area contributed by atoms with Crippen LogP contribution >= 0.6 is 0 Å². The second-order valence-corrected chi connectivity index (χ2v) is 7.71. The summed E-state index contributed by atoms with van der Waals surface area (Å²) in [5.41, 5.74) is 1.98. The van der Waals surface area contributed by atoms with Gasteiger partial charge in [0.25, 0.3) is 0 Å². The lowest BCUT2D eigenvalue weighted by molar-refractivity contribution is -0.192. The number of carbonyl (C=O) groups is 2. The molecule has 0 radical (unpaired) electrons. The molecule has 0 aromatic carbocycles. The first kappa shape index (κ1) is 23.9. The topological polar surface area (TPSA) is 126 Å². The molecule has 13 heteroatoms. The van der Waals surface area contributed by atoms with Crippen LogP contribution in [0.2, 0.25) is 0 Å². The normalized spacial score (nSPS) is 15.5. The highest BCUT2D eigenvalue weighted by Crippen LogP contribution is 2.34. The van der Waals surface area contributed by atoms with E-state index in [0.29, 0.717) is 17.0 Å². The summed E-state index contributed by atoms with van der Waals surface area (Å²) in [7, 11) is 1.79. The Labute approximate surface area is 186 Å². The number of carboxylic acids is 1. The summed E-state index contributed by atoms with van der Waals surface area (Å²) in [5.74, 6) is -2.30. The number of halogens is 3. The van der Waals surface area contributed by atoms with E-state index in [2.05, 4.69) is 30.3 Å². The number of carboxylic acid groups (broad SMARTS) is 1. The zero-order valence-electron chi connectivity index (χ0n) is 17.9. The van der Waals surface area contributed by atoms with E-state index < -0.39 is 17.6 Å². The predicted octanol–water partition coefficient (Wildman–Crippen LogP) is 2.64. The Balaban J connectivity index is 0.000000383. The molecule has 4 rings (SSSR count). The van der Waals surface area contributed by atoms with E-state index in [1.807, 2.05) is 19.1 Å². The molecular formula is C20H22F3N7O3. The molecule has 1 aliphatic heterocycles. The molecule has 3 aromatic rings. The number of aryl methyl sites for hydroxylation is 1. The maximum absolute atomic E-state index is 12.9. The van der Waals surface area contributed by atoms with Gasteiger partial charge < -0.3 is 15.3 Å². The summed E-state index contributed by atoms with van der Waals surface area (Å²) in [5, 5.41) is 14.5. The third-order valence-electron chi connectivity index (χ3n) is 5.38. The van der Waals surface area contributed by atoms with E-state index in [1.165, 1.54) is 0 Å². The summed E-state index contributed by atoms with van der Waals surface area (Å²) in [6.45, 7) is 3.68. The van der Waals surface area contributed by atoms with E-state index in [9.17, 15) is 18.0 Å². The summed E-state index contributed by atoms with van der Waals surface area (Å²) in [6.07, 6.45) is 3.28. The van der Waals surface area contributed by atoms with E-state index in [4.69, 9.17) is 9.90 Å². The van der Waals surface area contributed by atoms with E-state index >= 15 is 0 Å². The summed E-state index contributed by atoms with van der Waals surface area (Å²) in [4.78, 5) is 36.8. The number of hydrogen-bond donors (Lipinski definition) is 2.